The molecular formula is C20H25N3O2. The molecule has 25 heavy (non-hydrogen) atoms. The Morgan fingerprint density at radius 3 is 2.68 bits per heavy atom. The van der Waals surface area contributed by atoms with Crippen molar-refractivity contribution in [2.75, 3.05) is 13.1 Å². The summed E-state index contributed by atoms with van der Waals surface area (Å²) in [5.41, 5.74) is 9.97. The average molecular weight is 339 g/mol. The Kier molecular flexibility index (Phi) is 4.02. The molecule has 1 aliphatic carbocycles. The molecule has 2 aliphatic rings. The van der Waals surface area contributed by atoms with Crippen molar-refractivity contribution in [2.24, 2.45) is 17.6 Å². The first-order valence-electron chi connectivity index (χ1n) is 9.25. The summed E-state index contributed by atoms with van der Waals surface area (Å²) in [5, 5.41) is 1.19. The zero-order valence-electron chi connectivity index (χ0n) is 14.7. The van der Waals surface area contributed by atoms with Crippen molar-refractivity contribution in [2.45, 2.75) is 39.0 Å². The fraction of sp³-hybridized carbons (Fsp3) is 0.500. The van der Waals surface area contributed by atoms with Crippen LogP contribution in [0.4, 0.5) is 0 Å². The molecule has 5 heteroatoms. The smallest absolute Gasteiger partial charge is 0.253 e. The van der Waals surface area contributed by atoms with Crippen LogP contribution in [-0.4, -0.2) is 34.8 Å². The van der Waals surface area contributed by atoms with Crippen LogP contribution in [0.15, 0.2) is 18.2 Å². The molecule has 3 N–H and O–H groups in total. The zero-order chi connectivity index (χ0) is 17.6. The van der Waals surface area contributed by atoms with Gasteiger partial charge in [-0.1, -0.05) is 6.92 Å². The predicted molar refractivity (Wildman–Crippen MR) is 97.3 cm³/mol. The van der Waals surface area contributed by atoms with Gasteiger partial charge in [-0.3, -0.25) is 9.59 Å². The number of aryl methyl sites for hydroxylation is 1. The molecule has 2 aromatic rings. The SMILES string of the molecule is CC1CCc2[nH]c3ccc(C(=O)N4CCC(C(N)=O)CC4)cc3c2C1. The van der Waals surface area contributed by atoms with Gasteiger partial charge in [-0.05, 0) is 61.8 Å². The van der Waals surface area contributed by atoms with Crippen molar-refractivity contribution in [1.29, 1.82) is 0 Å². The summed E-state index contributed by atoms with van der Waals surface area (Å²) in [6.45, 7) is 3.50. The van der Waals surface area contributed by atoms with E-state index in [0.29, 0.717) is 31.8 Å². The van der Waals surface area contributed by atoms with Crippen molar-refractivity contribution in [1.82, 2.24) is 9.88 Å². The Morgan fingerprint density at radius 2 is 1.96 bits per heavy atom. The minimum absolute atomic E-state index is 0.0589. The van der Waals surface area contributed by atoms with E-state index in [1.54, 1.807) is 0 Å². The number of piperidine rings is 1. The average Bonchev–Trinajstić information content (AvgIpc) is 2.98. The molecule has 1 aromatic heterocycles. The first-order chi connectivity index (χ1) is 12.0. The van der Waals surface area contributed by atoms with E-state index in [0.717, 1.165) is 23.9 Å². The molecule has 0 radical (unpaired) electrons. The number of primary amides is 1. The summed E-state index contributed by atoms with van der Waals surface area (Å²) >= 11 is 0. The highest BCUT2D eigenvalue weighted by Gasteiger charge is 2.27. The van der Waals surface area contributed by atoms with Crippen LogP contribution in [0.1, 0.15) is 47.8 Å². The van der Waals surface area contributed by atoms with Gasteiger partial charge in [-0.2, -0.15) is 0 Å². The Morgan fingerprint density at radius 1 is 1.20 bits per heavy atom. The minimum Gasteiger partial charge on any atom is -0.369 e. The summed E-state index contributed by atoms with van der Waals surface area (Å²) in [6, 6.07) is 5.99. The first-order valence-corrected chi connectivity index (χ1v) is 9.25. The second kappa shape index (κ2) is 6.21. The lowest BCUT2D eigenvalue weighted by Crippen LogP contribution is -2.41. The Bertz CT molecular complexity index is 831. The van der Waals surface area contributed by atoms with Gasteiger partial charge in [0, 0.05) is 41.2 Å². The number of aromatic amines is 1. The Balaban J connectivity index is 1.58. The Hall–Kier alpha value is -2.30. The second-order valence-corrected chi connectivity index (χ2v) is 7.66. The lowest BCUT2D eigenvalue weighted by atomic mass is 9.87. The second-order valence-electron chi connectivity index (χ2n) is 7.66. The maximum Gasteiger partial charge on any atom is 0.253 e. The highest BCUT2D eigenvalue weighted by Crippen LogP contribution is 2.32. The van der Waals surface area contributed by atoms with Crippen LogP contribution in [-0.2, 0) is 17.6 Å². The molecule has 1 aromatic carbocycles. The molecule has 2 heterocycles. The van der Waals surface area contributed by atoms with E-state index in [9.17, 15) is 9.59 Å². The fourth-order valence-corrected chi connectivity index (χ4v) is 4.27. The van der Waals surface area contributed by atoms with E-state index >= 15 is 0 Å². The van der Waals surface area contributed by atoms with Gasteiger partial charge < -0.3 is 15.6 Å². The number of aromatic nitrogens is 1. The molecule has 1 unspecified atom stereocenters. The van der Waals surface area contributed by atoms with Crippen molar-refractivity contribution in [3.05, 3.63) is 35.0 Å². The van der Waals surface area contributed by atoms with E-state index in [-0.39, 0.29) is 17.7 Å². The van der Waals surface area contributed by atoms with Crippen LogP contribution >= 0.6 is 0 Å². The zero-order valence-corrected chi connectivity index (χ0v) is 14.7. The quantitative estimate of drug-likeness (QED) is 0.882. The number of nitrogens with zero attached hydrogens (tertiary/aromatic N) is 1. The van der Waals surface area contributed by atoms with Crippen molar-refractivity contribution >= 4 is 22.7 Å². The summed E-state index contributed by atoms with van der Waals surface area (Å²) in [5.74, 6) is 0.411. The van der Waals surface area contributed by atoms with Crippen molar-refractivity contribution in [3.63, 3.8) is 0 Å². The van der Waals surface area contributed by atoms with Gasteiger partial charge in [0.15, 0.2) is 0 Å². The van der Waals surface area contributed by atoms with Gasteiger partial charge in [-0.15, -0.1) is 0 Å². The number of benzene rings is 1. The molecule has 2 amide bonds. The predicted octanol–water partition coefficient (Wildman–Crippen LogP) is 2.63. The highest BCUT2D eigenvalue weighted by molar-refractivity contribution is 5.99. The Labute approximate surface area is 147 Å². The minimum atomic E-state index is -0.249. The third kappa shape index (κ3) is 2.92. The molecule has 5 nitrogen and oxygen atoms in total. The summed E-state index contributed by atoms with van der Waals surface area (Å²) in [6.07, 6.45) is 4.73. The third-order valence-electron chi connectivity index (χ3n) is 5.87. The third-order valence-corrected chi connectivity index (χ3v) is 5.87. The number of H-pyrrole nitrogens is 1. The van der Waals surface area contributed by atoms with Gasteiger partial charge in [-0.25, -0.2) is 0 Å². The number of amides is 2. The number of fused-ring (bicyclic) bond motifs is 3. The number of nitrogens with two attached hydrogens (primary N) is 1. The molecule has 132 valence electrons. The molecule has 0 spiro atoms. The standard InChI is InChI=1S/C20H25N3O2/c1-12-2-4-17-15(10-12)16-11-14(3-5-18(16)22-17)20(25)23-8-6-13(7-9-23)19(21)24/h3,5,11-13,22H,2,4,6-10H2,1H3,(H2,21,24). The summed E-state index contributed by atoms with van der Waals surface area (Å²) in [4.78, 5) is 29.5. The monoisotopic (exact) mass is 339 g/mol. The van der Waals surface area contributed by atoms with Gasteiger partial charge in [0.25, 0.3) is 5.91 Å². The number of carbonyl (C=O) groups excluding carboxylic acids is 2. The summed E-state index contributed by atoms with van der Waals surface area (Å²) in [7, 11) is 0. The van der Waals surface area contributed by atoms with Gasteiger partial charge in [0.05, 0.1) is 0 Å². The number of hydrogen-bond acceptors (Lipinski definition) is 2. The highest BCUT2D eigenvalue weighted by atomic mass is 16.2. The molecule has 4 rings (SSSR count). The molecule has 1 saturated heterocycles. The van der Waals surface area contributed by atoms with Crippen LogP contribution in [0.25, 0.3) is 10.9 Å². The summed E-state index contributed by atoms with van der Waals surface area (Å²) < 4.78 is 0. The normalized spacial score (nSPS) is 21.3. The van der Waals surface area contributed by atoms with Crippen LogP contribution in [0.2, 0.25) is 0 Å². The van der Waals surface area contributed by atoms with Crippen molar-refractivity contribution in [3.8, 4) is 0 Å². The number of rotatable bonds is 2. The molecule has 0 saturated carbocycles. The van der Waals surface area contributed by atoms with Crippen LogP contribution in [0, 0.1) is 11.8 Å². The van der Waals surface area contributed by atoms with E-state index in [2.05, 4.69) is 11.9 Å². The lowest BCUT2D eigenvalue weighted by Gasteiger charge is -2.30. The fourth-order valence-electron chi connectivity index (χ4n) is 4.27. The van der Waals surface area contributed by atoms with Gasteiger partial charge in [0.2, 0.25) is 5.91 Å². The van der Waals surface area contributed by atoms with Gasteiger partial charge >= 0.3 is 0 Å². The molecule has 1 fully saturated rings. The maximum absolute atomic E-state index is 12.9. The van der Waals surface area contributed by atoms with E-state index in [1.807, 2.05) is 23.1 Å². The van der Waals surface area contributed by atoms with Gasteiger partial charge in [0.1, 0.15) is 0 Å². The van der Waals surface area contributed by atoms with Crippen LogP contribution in [0.5, 0.6) is 0 Å². The number of likely N-dealkylation sites (tertiary alicyclic amines) is 1. The van der Waals surface area contributed by atoms with E-state index < -0.39 is 0 Å². The topological polar surface area (TPSA) is 79.2 Å². The maximum atomic E-state index is 12.9. The van der Waals surface area contributed by atoms with Crippen LogP contribution < -0.4 is 5.73 Å². The van der Waals surface area contributed by atoms with E-state index in [4.69, 9.17) is 5.73 Å². The molecule has 1 atom stereocenters. The van der Waals surface area contributed by atoms with Crippen molar-refractivity contribution < 1.29 is 9.59 Å². The molecular weight excluding hydrogens is 314 g/mol. The molecule has 1 aliphatic heterocycles. The number of hydrogen-bond donors (Lipinski definition) is 2. The number of carbonyl (C=O) groups is 2. The lowest BCUT2D eigenvalue weighted by molar-refractivity contribution is -0.123. The van der Waals surface area contributed by atoms with E-state index in [1.165, 1.54) is 23.1 Å². The number of nitrogens with one attached hydrogen (secondary N) is 1. The largest absolute Gasteiger partial charge is 0.369 e. The first kappa shape index (κ1) is 16.2. The van der Waals surface area contributed by atoms with Crippen LogP contribution in [0.3, 0.4) is 0 Å². The molecule has 0 bridgehead atoms.